The minimum atomic E-state index is -0.362. The van der Waals surface area contributed by atoms with Gasteiger partial charge in [-0.25, -0.2) is 4.79 Å². The van der Waals surface area contributed by atoms with E-state index in [4.69, 9.17) is 10.5 Å². The Bertz CT molecular complexity index is 161. The highest BCUT2D eigenvalue weighted by molar-refractivity contribution is 5.82. The van der Waals surface area contributed by atoms with E-state index >= 15 is 0 Å². The molecule has 0 saturated heterocycles. The molecule has 0 saturated carbocycles. The highest BCUT2D eigenvalue weighted by Gasteiger charge is 2.00. The lowest BCUT2D eigenvalue weighted by molar-refractivity contribution is -0.141. The third-order valence-corrected chi connectivity index (χ3v) is 1.06. The van der Waals surface area contributed by atoms with Crippen molar-refractivity contribution in [3.8, 4) is 0 Å². The topological polar surface area (TPSA) is 52.3 Å². The summed E-state index contributed by atoms with van der Waals surface area (Å²) in [6, 6.07) is 0. The van der Waals surface area contributed by atoms with Crippen LogP contribution >= 0.6 is 0 Å². The molecular formula is C8H15NO2. The Morgan fingerprint density at radius 1 is 1.64 bits per heavy atom. The van der Waals surface area contributed by atoms with Gasteiger partial charge in [0.05, 0.1) is 6.10 Å². The molecule has 3 nitrogen and oxygen atoms in total. The number of ether oxygens (including phenoxy) is 1. The Morgan fingerprint density at radius 3 is 2.55 bits per heavy atom. The average Bonchev–Trinajstić information content (AvgIpc) is 1.85. The molecule has 0 aromatic heterocycles. The van der Waals surface area contributed by atoms with Gasteiger partial charge in [0.2, 0.25) is 0 Å². The SMILES string of the molecule is CCC(N)=CC(=O)OC(C)C. The Balaban J connectivity index is 3.86. The van der Waals surface area contributed by atoms with E-state index in [1.165, 1.54) is 6.08 Å². The number of carbonyl (C=O) groups is 1. The number of carbonyl (C=O) groups excluding carboxylic acids is 1. The van der Waals surface area contributed by atoms with E-state index in [0.29, 0.717) is 12.1 Å². The van der Waals surface area contributed by atoms with Crippen LogP contribution in [-0.4, -0.2) is 12.1 Å². The van der Waals surface area contributed by atoms with E-state index in [0.717, 1.165) is 0 Å². The number of hydrogen-bond acceptors (Lipinski definition) is 3. The first-order valence-electron chi connectivity index (χ1n) is 3.73. The molecular weight excluding hydrogens is 142 g/mol. The molecule has 0 atom stereocenters. The summed E-state index contributed by atoms with van der Waals surface area (Å²) in [4.78, 5) is 10.8. The molecule has 0 spiro atoms. The molecule has 0 fully saturated rings. The van der Waals surface area contributed by atoms with Gasteiger partial charge in [-0.05, 0) is 20.3 Å². The number of esters is 1. The molecule has 0 radical (unpaired) electrons. The minimum absolute atomic E-state index is 0.0802. The summed E-state index contributed by atoms with van der Waals surface area (Å²) in [5.41, 5.74) is 5.96. The number of hydrogen-bond donors (Lipinski definition) is 1. The van der Waals surface area contributed by atoms with E-state index in [-0.39, 0.29) is 12.1 Å². The van der Waals surface area contributed by atoms with Crippen molar-refractivity contribution in [2.75, 3.05) is 0 Å². The molecule has 0 bridgehead atoms. The van der Waals surface area contributed by atoms with E-state index in [9.17, 15) is 4.79 Å². The fraction of sp³-hybridized carbons (Fsp3) is 0.625. The fourth-order valence-corrected chi connectivity index (χ4v) is 0.520. The van der Waals surface area contributed by atoms with Crippen LogP contribution in [0.15, 0.2) is 11.8 Å². The van der Waals surface area contributed by atoms with Crippen molar-refractivity contribution in [1.82, 2.24) is 0 Å². The third-order valence-electron chi connectivity index (χ3n) is 1.06. The first kappa shape index (κ1) is 10.0. The molecule has 64 valence electrons. The van der Waals surface area contributed by atoms with Gasteiger partial charge in [-0.15, -0.1) is 0 Å². The second-order valence-corrected chi connectivity index (χ2v) is 2.56. The number of nitrogens with two attached hydrogens (primary N) is 1. The second-order valence-electron chi connectivity index (χ2n) is 2.56. The molecule has 3 heteroatoms. The quantitative estimate of drug-likeness (QED) is 0.494. The van der Waals surface area contributed by atoms with Gasteiger partial charge in [0, 0.05) is 11.8 Å². The largest absolute Gasteiger partial charge is 0.460 e. The van der Waals surface area contributed by atoms with Crippen LogP contribution in [-0.2, 0) is 9.53 Å². The fourth-order valence-electron chi connectivity index (χ4n) is 0.520. The van der Waals surface area contributed by atoms with E-state index in [1.807, 2.05) is 6.92 Å². The first-order valence-corrected chi connectivity index (χ1v) is 3.73. The molecule has 0 aliphatic rings. The van der Waals surface area contributed by atoms with Crippen molar-refractivity contribution >= 4 is 5.97 Å². The van der Waals surface area contributed by atoms with Gasteiger partial charge in [0.15, 0.2) is 0 Å². The standard InChI is InChI=1S/C8H15NO2/c1-4-7(9)5-8(10)11-6(2)3/h5-6H,4,9H2,1-3H3. The van der Waals surface area contributed by atoms with Crippen molar-refractivity contribution < 1.29 is 9.53 Å². The van der Waals surface area contributed by atoms with Crippen LogP contribution in [0.1, 0.15) is 27.2 Å². The van der Waals surface area contributed by atoms with Gasteiger partial charge >= 0.3 is 5.97 Å². The zero-order valence-corrected chi connectivity index (χ0v) is 7.26. The minimum Gasteiger partial charge on any atom is -0.460 e. The summed E-state index contributed by atoms with van der Waals surface area (Å²) in [7, 11) is 0. The lowest BCUT2D eigenvalue weighted by Crippen LogP contribution is -2.10. The zero-order valence-electron chi connectivity index (χ0n) is 7.26. The van der Waals surface area contributed by atoms with Crippen LogP contribution in [0.5, 0.6) is 0 Å². The van der Waals surface area contributed by atoms with Crippen molar-refractivity contribution in [2.45, 2.75) is 33.3 Å². The van der Waals surface area contributed by atoms with Crippen LogP contribution in [0.3, 0.4) is 0 Å². The van der Waals surface area contributed by atoms with Crippen molar-refractivity contribution in [3.63, 3.8) is 0 Å². The molecule has 0 heterocycles. The molecule has 0 aromatic rings. The third kappa shape index (κ3) is 5.45. The average molecular weight is 157 g/mol. The maximum atomic E-state index is 10.8. The maximum Gasteiger partial charge on any atom is 0.332 e. The van der Waals surface area contributed by atoms with Crippen LogP contribution < -0.4 is 5.73 Å². The molecule has 2 N–H and O–H groups in total. The van der Waals surface area contributed by atoms with Gasteiger partial charge in [0.1, 0.15) is 0 Å². The summed E-state index contributed by atoms with van der Waals surface area (Å²) in [6.45, 7) is 5.48. The van der Waals surface area contributed by atoms with Crippen LogP contribution in [0.4, 0.5) is 0 Å². The van der Waals surface area contributed by atoms with Crippen molar-refractivity contribution in [3.05, 3.63) is 11.8 Å². The smallest absolute Gasteiger partial charge is 0.332 e. The Morgan fingerprint density at radius 2 is 2.18 bits per heavy atom. The number of rotatable bonds is 3. The molecule has 0 aromatic carbocycles. The highest BCUT2D eigenvalue weighted by atomic mass is 16.5. The summed E-state index contributed by atoms with van der Waals surface area (Å²) in [6.07, 6.45) is 1.91. The lowest BCUT2D eigenvalue weighted by Gasteiger charge is -2.04. The van der Waals surface area contributed by atoms with Gasteiger partial charge in [-0.1, -0.05) is 6.92 Å². The normalized spacial score (nSPS) is 11.8. The molecule has 0 aliphatic heterocycles. The zero-order chi connectivity index (χ0) is 8.85. The monoisotopic (exact) mass is 157 g/mol. The van der Waals surface area contributed by atoms with E-state index < -0.39 is 0 Å². The van der Waals surface area contributed by atoms with E-state index in [1.54, 1.807) is 13.8 Å². The molecule has 0 amide bonds. The Hall–Kier alpha value is -0.990. The summed E-state index contributed by atoms with van der Waals surface area (Å²) in [5.74, 6) is -0.362. The highest BCUT2D eigenvalue weighted by Crippen LogP contribution is 1.94. The van der Waals surface area contributed by atoms with Crippen LogP contribution in [0, 0.1) is 0 Å². The lowest BCUT2D eigenvalue weighted by atomic mass is 10.3. The summed E-state index contributed by atoms with van der Waals surface area (Å²) >= 11 is 0. The maximum absolute atomic E-state index is 10.8. The van der Waals surface area contributed by atoms with Gasteiger partial charge in [-0.2, -0.15) is 0 Å². The Labute approximate surface area is 67.2 Å². The molecule has 0 aliphatic carbocycles. The molecule has 0 unspecified atom stereocenters. The molecule has 0 rings (SSSR count). The first-order chi connectivity index (χ1) is 5.06. The number of allylic oxidation sites excluding steroid dienone is 1. The predicted octanol–water partition coefficient (Wildman–Crippen LogP) is 1.19. The van der Waals surface area contributed by atoms with Gasteiger partial charge < -0.3 is 10.5 Å². The van der Waals surface area contributed by atoms with Crippen LogP contribution in [0.2, 0.25) is 0 Å². The second kappa shape index (κ2) is 4.77. The Kier molecular flexibility index (Phi) is 4.34. The van der Waals surface area contributed by atoms with Crippen molar-refractivity contribution in [1.29, 1.82) is 0 Å². The summed E-state index contributed by atoms with van der Waals surface area (Å²) in [5, 5.41) is 0. The van der Waals surface area contributed by atoms with Gasteiger partial charge in [0.25, 0.3) is 0 Å². The van der Waals surface area contributed by atoms with Crippen LogP contribution in [0.25, 0.3) is 0 Å². The van der Waals surface area contributed by atoms with Gasteiger partial charge in [-0.3, -0.25) is 0 Å². The summed E-state index contributed by atoms with van der Waals surface area (Å²) < 4.78 is 4.83. The van der Waals surface area contributed by atoms with E-state index in [2.05, 4.69) is 0 Å². The van der Waals surface area contributed by atoms with Crippen molar-refractivity contribution in [2.24, 2.45) is 5.73 Å². The predicted molar refractivity (Wildman–Crippen MR) is 43.8 cm³/mol. The molecule has 11 heavy (non-hydrogen) atoms.